The lowest BCUT2D eigenvalue weighted by Crippen LogP contribution is -2.51. The molecule has 1 saturated heterocycles. The second kappa shape index (κ2) is 8.48. The molecule has 138 valence electrons. The molecule has 1 aliphatic heterocycles. The molecule has 0 aliphatic carbocycles. The SMILES string of the molecule is Cc1cccc(C)c1NC(=O)CN(C)CC(=O)N1[C@@H](C)CCC[C@@H]1C. The highest BCUT2D eigenvalue weighted by Crippen LogP contribution is 2.23. The fourth-order valence-corrected chi connectivity index (χ4v) is 3.72. The molecule has 0 saturated carbocycles. The standard InChI is InChI=1S/C20H31N3O2/c1-14-8-6-9-15(2)20(14)21-18(24)12-22(5)13-19(25)23-16(3)10-7-11-17(23)4/h6,8-9,16-17H,7,10-13H2,1-5H3,(H,21,24)/t16-,17-/m0/s1. The van der Waals surface area contributed by atoms with Crippen LogP contribution in [0.15, 0.2) is 18.2 Å². The number of carbonyl (C=O) groups is 2. The average Bonchev–Trinajstić information content (AvgIpc) is 2.50. The third kappa shape index (κ3) is 5.05. The second-order valence-corrected chi connectivity index (χ2v) is 7.42. The number of hydrogen-bond acceptors (Lipinski definition) is 3. The van der Waals surface area contributed by atoms with E-state index < -0.39 is 0 Å². The lowest BCUT2D eigenvalue weighted by molar-refractivity contribution is -0.138. The number of carbonyl (C=O) groups excluding carboxylic acids is 2. The molecule has 5 nitrogen and oxygen atoms in total. The van der Waals surface area contributed by atoms with Crippen molar-refractivity contribution in [3.05, 3.63) is 29.3 Å². The van der Waals surface area contributed by atoms with E-state index in [1.54, 1.807) is 4.90 Å². The molecule has 0 radical (unpaired) electrons. The monoisotopic (exact) mass is 345 g/mol. The first-order valence-corrected chi connectivity index (χ1v) is 9.15. The molecule has 0 bridgehead atoms. The van der Waals surface area contributed by atoms with Crippen LogP contribution in [0.1, 0.15) is 44.2 Å². The van der Waals surface area contributed by atoms with Crippen LogP contribution in [0.3, 0.4) is 0 Å². The Morgan fingerprint density at radius 2 is 1.68 bits per heavy atom. The Kier molecular flexibility index (Phi) is 6.59. The van der Waals surface area contributed by atoms with Crippen LogP contribution in [0.4, 0.5) is 5.69 Å². The number of nitrogens with one attached hydrogen (secondary N) is 1. The zero-order chi connectivity index (χ0) is 18.6. The van der Waals surface area contributed by atoms with Gasteiger partial charge in [0.1, 0.15) is 0 Å². The number of piperidine rings is 1. The summed E-state index contributed by atoms with van der Waals surface area (Å²) in [5.41, 5.74) is 2.96. The summed E-state index contributed by atoms with van der Waals surface area (Å²) >= 11 is 0. The van der Waals surface area contributed by atoms with E-state index in [0.29, 0.717) is 0 Å². The number of benzene rings is 1. The van der Waals surface area contributed by atoms with Crippen molar-refractivity contribution < 1.29 is 9.59 Å². The van der Waals surface area contributed by atoms with Crippen molar-refractivity contribution in [2.45, 2.75) is 59.0 Å². The van der Waals surface area contributed by atoms with E-state index in [-0.39, 0.29) is 37.0 Å². The van der Waals surface area contributed by atoms with Crippen molar-refractivity contribution in [2.24, 2.45) is 0 Å². The minimum atomic E-state index is -0.0903. The molecule has 1 aliphatic rings. The molecular weight excluding hydrogens is 314 g/mol. The van der Waals surface area contributed by atoms with Gasteiger partial charge in [-0.25, -0.2) is 0 Å². The zero-order valence-corrected chi connectivity index (χ0v) is 16.1. The normalized spacial score (nSPS) is 20.6. The third-order valence-corrected chi connectivity index (χ3v) is 5.05. The van der Waals surface area contributed by atoms with Crippen LogP contribution in [-0.2, 0) is 9.59 Å². The third-order valence-electron chi connectivity index (χ3n) is 5.05. The number of aryl methyl sites for hydroxylation is 2. The molecule has 1 fully saturated rings. The van der Waals surface area contributed by atoms with Gasteiger partial charge in [-0.15, -0.1) is 0 Å². The Morgan fingerprint density at radius 3 is 2.24 bits per heavy atom. The maximum Gasteiger partial charge on any atom is 0.238 e. The Bertz CT molecular complexity index is 599. The minimum absolute atomic E-state index is 0.0903. The molecule has 5 heteroatoms. The first-order chi connectivity index (χ1) is 11.8. The van der Waals surface area contributed by atoms with Crippen LogP contribution in [0.2, 0.25) is 0 Å². The van der Waals surface area contributed by atoms with E-state index >= 15 is 0 Å². The van der Waals surface area contributed by atoms with Crippen LogP contribution >= 0.6 is 0 Å². The van der Waals surface area contributed by atoms with Gasteiger partial charge >= 0.3 is 0 Å². The minimum Gasteiger partial charge on any atom is -0.336 e. The molecule has 1 aromatic carbocycles. The van der Waals surface area contributed by atoms with Crippen LogP contribution in [0, 0.1) is 13.8 Å². The number of amides is 2. The Morgan fingerprint density at radius 1 is 1.12 bits per heavy atom. The van der Waals surface area contributed by atoms with Crippen LogP contribution in [0.25, 0.3) is 0 Å². The van der Waals surface area contributed by atoms with Gasteiger partial charge in [-0.2, -0.15) is 0 Å². The molecule has 0 aromatic heterocycles. The van der Waals surface area contributed by atoms with Crippen molar-refractivity contribution >= 4 is 17.5 Å². The fourth-order valence-electron chi connectivity index (χ4n) is 3.72. The number of rotatable bonds is 5. The van der Waals surface area contributed by atoms with Crippen LogP contribution in [-0.4, -0.2) is 53.8 Å². The number of para-hydroxylation sites is 1. The summed E-state index contributed by atoms with van der Waals surface area (Å²) < 4.78 is 0. The van der Waals surface area contributed by atoms with Crippen molar-refractivity contribution in [3.8, 4) is 0 Å². The number of hydrogen-bond donors (Lipinski definition) is 1. The summed E-state index contributed by atoms with van der Waals surface area (Å²) in [6.07, 6.45) is 3.31. The van der Waals surface area contributed by atoms with E-state index in [4.69, 9.17) is 0 Å². The number of likely N-dealkylation sites (N-methyl/N-ethyl adjacent to an activating group) is 1. The Labute approximate surface area is 151 Å². The van der Waals surface area contributed by atoms with Crippen molar-refractivity contribution in [1.82, 2.24) is 9.80 Å². The highest BCUT2D eigenvalue weighted by Gasteiger charge is 2.29. The molecule has 1 heterocycles. The molecule has 2 rings (SSSR count). The predicted octanol–water partition coefficient (Wildman–Crippen LogP) is 2.96. The van der Waals surface area contributed by atoms with Gasteiger partial charge in [-0.3, -0.25) is 14.5 Å². The van der Waals surface area contributed by atoms with E-state index in [9.17, 15) is 9.59 Å². The van der Waals surface area contributed by atoms with Gasteiger partial charge in [0.15, 0.2) is 0 Å². The largest absolute Gasteiger partial charge is 0.336 e. The molecular formula is C20H31N3O2. The first-order valence-electron chi connectivity index (χ1n) is 9.15. The predicted molar refractivity (Wildman–Crippen MR) is 102 cm³/mol. The number of likely N-dealkylation sites (tertiary alicyclic amines) is 1. The average molecular weight is 345 g/mol. The van der Waals surface area contributed by atoms with E-state index in [0.717, 1.165) is 29.7 Å². The van der Waals surface area contributed by atoms with Crippen LogP contribution < -0.4 is 5.32 Å². The highest BCUT2D eigenvalue weighted by molar-refractivity contribution is 5.94. The van der Waals surface area contributed by atoms with Gasteiger partial charge < -0.3 is 10.2 Å². The fraction of sp³-hybridized carbons (Fsp3) is 0.600. The molecule has 2 atom stereocenters. The van der Waals surface area contributed by atoms with E-state index in [2.05, 4.69) is 19.2 Å². The Hall–Kier alpha value is -1.88. The Balaban J connectivity index is 1.90. The van der Waals surface area contributed by atoms with E-state index in [1.807, 2.05) is 44.0 Å². The quantitative estimate of drug-likeness (QED) is 0.893. The van der Waals surface area contributed by atoms with Gasteiger partial charge in [0.25, 0.3) is 0 Å². The summed E-state index contributed by atoms with van der Waals surface area (Å²) in [5, 5.41) is 2.97. The highest BCUT2D eigenvalue weighted by atomic mass is 16.2. The molecule has 1 N–H and O–H groups in total. The van der Waals surface area contributed by atoms with Gasteiger partial charge in [-0.1, -0.05) is 18.2 Å². The van der Waals surface area contributed by atoms with Crippen molar-refractivity contribution in [1.29, 1.82) is 0 Å². The van der Waals surface area contributed by atoms with Gasteiger partial charge in [0, 0.05) is 17.8 Å². The van der Waals surface area contributed by atoms with Gasteiger partial charge in [0.2, 0.25) is 11.8 Å². The van der Waals surface area contributed by atoms with E-state index in [1.165, 1.54) is 6.42 Å². The molecule has 0 unspecified atom stereocenters. The molecule has 25 heavy (non-hydrogen) atoms. The maximum absolute atomic E-state index is 12.6. The van der Waals surface area contributed by atoms with Gasteiger partial charge in [-0.05, 0) is 65.1 Å². The zero-order valence-electron chi connectivity index (χ0n) is 16.1. The topological polar surface area (TPSA) is 52.7 Å². The van der Waals surface area contributed by atoms with Gasteiger partial charge in [0.05, 0.1) is 13.1 Å². The molecule has 0 spiro atoms. The molecule has 1 aromatic rings. The lowest BCUT2D eigenvalue weighted by atomic mass is 9.97. The second-order valence-electron chi connectivity index (χ2n) is 7.42. The first kappa shape index (κ1) is 19.4. The number of anilines is 1. The molecule has 2 amide bonds. The van der Waals surface area contributed by atoms with Crippen molar-refractivity contribution in [3.63, 3.8) is 0 Å². The summed E-state index contributed by atoms with van der Waals surface area (Å²) in [7, 11) is 1.82. The summed E-state index contributed by atoms with van der Waals surface area (Å²) in [6.45, 7) is 8.66. The van der Waals surface area contributed by atoms with Crippen molar-refractivity contribution in [2.75, 3.05) is 25.5 Å². The maximum atomic E-state index is 12.6. The smallest absolute Gasteiger partial charge is 0.238 e. The number of nitrogens with zero attached hydrogens (tertiary/aromatic N) is 2. The van der Waals surface area contributed by atoms with Crippen LogP contribution in [0.5, 0.6) is 0 Å². The lowest BCUT2D eigenvalue weighted by Gasteiger charge is -2.39. The summed E-state index contributed by atoms with van der Waals surface area (Å²) in [6, 6.07) is 6.51. The summed E-state index contributed by atoms with van der Waals surface area (Å²) in [5.74, 6) is 0.0227. The summed E-state index contributed by atoms with van der Waals surface area (Å²) in [4.78, 5) is 28.7.